The molecule has 1 aliphatic heterocycles. The zero-order valence-electron chi connectivity index (χ0n) is 11.7. The van der Waals surface area contributed by atoms with Crippen molar-refractivity contribution >= 4 is 34.9 Å². The summed E-state index contributed by atoms with van der Waals surface area (Å²) < 4.78 is 5.91. The molecular formula is C15H18Cl2N2O2. The highest BCUT2D eigenvalue weighted by Gasteiger charge is 2.45. The minimum absolute atomic E-state index is 0.132. The van der Waals surface area contributed by atoms with Gasteiger partial charge in [-0.15, -0.1) is 0 Å². The van der Waals surface area contributed by atoms with Gasteiger partial charge in [-0.25, -0.2) is 4.79 Å². The molecule has 1 aromatic rings. The van der Waals surface area contributed by atoms with E-state index in [4.69, 9.17) is 27.9 Å². The van der Waals surface area contributed by atoms with Crippen LogP contribution in [0, 0.1) is 0 Å². The highest BCUT2D eigenvalue weighted by atomic mass is 35.5. The maximum Gasteiger partial charge on any atom is 0.324 e. The first-order valence-electron chi connectivity index (χ1n) is 7.28. The molecule has 3 rings (SSSR count). The fraction of sp³-hybridized carbons (Fsp3) is 0.533. The largest absolute Gasteiger partial charge is 0.354 e. The van der Waals surface area contributed by atoms with Crippen molar-refractivity contribution in [2.45, 2.75) is 37.8 Å². The summed E-state index contributed by atoms with van der Waals surface area (Å²) in [5, 5.41) is 3.79. The second-order valence-corrected chi connectivity index (χ2v) is 6.38. The van der Waals surface area contributed by atoms with Gasteiger partial charge in [0.25, 0.3) is 0 Å². The lowest BCUT2D eigenvalue weighted by molar-refractivity contribution is -0.0867. The SMILES string of the molecule is O=C(Nc1ccc(Cl)c(Cl)c1)N1CCOC12CCCCC2. The van der Waals surface area contributed by atoms with E-state index in [1.807, 2.05) is 4.90 Å². The maximum atomic E-state index is 12.5. The molecule has 1 N–H and O–H groups in total. The first-order valence-corrected chi connectivity index (χ1v) is 8.04. The normalized spacial score (nSPS) is 20.8. The molecule has 0 aromatic heterocycles. The fourth-order valence-electron chi connectivity index (χ4n) is 3.18. The maximum absolute atomic E-state index is 12.5. The van der Waals surface area contributed by atoms with Gasteiger partial charge < -0.3 is 10.1 Å². The van der Waals surface area contributed by atoms with Gasteiger partial charge in [0.15, 0.2) is 0 Å². The zero-order chi connectivity index (χ0) is 14.9. The Morgan fingerprint density at radius 3 is 2.67 bits per heavy atom. The van der Waals surface area contributed by atoms with E-state index in [1.54, 1.807) is 18.2 Å². The highest BCUT2D eigenvalue weighted by Crippen LogP contribution is 2.38. The quantitative estimate of drug-likeness (QED) is 0.823. The van der Waals surface area contributed by atoms with Gasteiger partial charge in [0.1, 0.15) is 5.72 Å². The molecule has 21 heavy (non-hydrogen) atoms. The number of rotatable bonds is 1. The molecule has 2 aliphatic rings. The summed E-state index contributed by atoms with van der Waals surface area (Å²) in [6.45, 7) is 1.24. The van der Waals surface area contributed by atoms with Gasteiger partial charge in [0.2, 0.25) is 0 Å². The molecule has 0 unspecified atom stereocenters. The Kier molecular flexibility index (Phi) is 4.29. The van der Waals surface area contributed by atoms with Gasteiger partial charge in [-0.1, -0.05) is 29.6 Å². The summed E-state index contributed by atoms with van der Waals surface area (Å²) in [5.41, 5.74) is 0.241. The number of nitrogens with one attached hydrogen (secondary N) is 1. The molecule has 1 heterocycles. The summed E-state index contributed by atoms with van der Waals surface area (Å²) in [6.07, 6.45) is 5.27. The number of benzene rings is 1. The van der Waals surface area contributed by atoms with E-state index in [0.717, 1.165) is 25.7 Å². The molecule has 1 spiro atoms. The van der Waals surface area contributed by atoms with Crippen LogP contribution in [0.3, 0.4) is 0 Å². The molecule has 2 fully saturated rings. The molecule has 114 valence electrons. The minimum atomic E-state index is -0.404. The van der Waals surface area contributed by atoms with E-state index in [0.29, 0.717) is 28.9 Å². The molecular weight excluding hydrogens is 311 g/mol. The van der Waals surface area contributed by atoms with Crippen LogP contribution in [0.5, 0.6) is 0 Å². The average Bonchev–Trinajstić information content (AvgIpc) is 2.87. The second-order valence-electron chi connectivity index (χ2n) is 5.57. The molecule has 0 radical (unpaired) electrons. The summed E-state index contributed by atoms with van der Waals surface area (Å²) in [4.78, 5) is 14.4. The van der Waals surface area contributed by atoms with Crippen LogP contribution in [-0.2, 0) is 4.74 Å². The lowest BCUT2D eigenvalue weighted by Gasteiger charge is -2.39. The van der Waals surface area contributed by atoms with E-state index in [2.05, 4.69) is 5.32 Å². The van der Waals surface area contributed by atoms with Crippen LogP contribution < -0.4 is 5.32 Å². The van der Waals surface area contributed by atoms with E-state index in [1.165, 1.54) is 6.42 Å². The van der Waals surface area contributed by atoms with E-state index < -0.39 is 5.72 Å². The number of carbonyl (C=O) groups excluding carboxylic acids is 1. The minimum Gasteiger partial charge on any atom is -0.354 e. The Morgan fingerprint density at radius 2 is 1.95 bits per heavy atom. The molecule has 1 saturated heterocycles. The number of ether oxygens (including phenoxy) is 1. The zero-order valence-corrected chi connectivity index (χ0v) is 13.2. The number of anilines is 1. The molecule has 6 heteroatoms. The standard InChI is InChI=1S/C15H18Cl2N2O2/c16-12-5-4-11(10-13(12)17)18-14(20)19-8-9-21-15(19)6-2-1-3-7-15/h4-5,10H,1-3,6-9H2,(H,18,20). The van der Waals surface area contributed by atoms with Crippen LogP contribution in [0.15, 0.2) is 18.2 Å². The third kappa shape index (κ3) is 2.98. The van der Waals surface area contributed by atoms with Crippen LogP contribution in [-0.4, -0.2) is 29.8 Å². The van der Waals surface area contributed by atoms with Crippen LogP contribution in [0.4, 0.5) is 10.5 Å². The number of urea groups is 1. The molecule has 0 atom stereocenters. The number of carbonyl (C=O) groups is 1. The van der Waals surface area contributed by atoms with Crippen LogP contribution in [0.2, 0.25) is 10.0 Å². The molecule has 1 aromatic carbocycles. The topological polar surface area (TPSA) is 41.6 Å². The molecule has 1 aliphatic carbocycles. The molecule has 0 bridgehead atoms. The number of amides is 2. The summed E-state index contributed by atoms with van der Waals surface area (Å²) >= 11 is 11.9. The fourth-order valence-corrected chi connectivity index (χ4v) is 3.48. The van der Waals surface area contributed by atoms with E-state index >= 15 is 0 Å². The first-order chi connectivity index (χ1) is 10.1. The van der Waals surface area contributed by atoms with Crippen LogP contribution in [0.25, 0.3) is 0 Å². The lowest BCUT2D eigenvalue weighted by atomic mass is 9.91. The number of nitrogens with zero attached hydrogens (tertiary/aromatic N) is 1. The number of halogens is 2. The van der Waals surface area contributed by atoms with Crippen LogP contribution in [0.1, 0.15) is 32.1 Å². The Labute approximate surface area is 134 Å². The highest BCUT2D eigenvalue weighted by molar-refractivity contribution is 6.42. The van der Waals surface area contributed by atoms with Crippen LogP contribution >= 0.6 is 23.2 Å². The Balaban J connectivity index is 1.73. The molecule has 1 saturated carbocycles. The summed E-state index contributed by atoms with van der Waals surface area (Å²) in [5.74, 6) is 0. The van der Waals surface area contributed by atoms with Crippen molar-refractivity contribution < 1.29 is 9.53 Å². The third-order valence-corrected chi connectivity index (χ3v) is 4.97. The first kappa shape index (κ1) is 14.9. The van der Waals surface area contributed by atoms with Crippen molar-refractivity contribution in [1.29, 1.82) is 0 Å². The average molecular weight is 329 g/mol. The van der Waals surface area contributed by atoms with Gasteiger partial charge in [-0.2, -0.15) is 0 Å². The van der Waals surface area contributed by atoms with Gasteiger partial charge in [-0.05, 0) is 43.9 Å². The van der Waals surface area contributed by atoms with Crippen molar-refractivity contribution in [1.82, 2.24) is 4.90 Å². The predicted molar refractivity (Wildman–Crippen MR) is 84.0 cm³/mol. The van der Waals surface area contributed by atoms with Crippen molar-refractivity contribution in [3.8, 4) is 0 Å². The Bertz CT molecular complexity index is 544. The van der Waals surface area contributed by atoms with Gasteiger partial charge in [0, 0.05) is 12.2 Å². The smallest absolute Gasteiger partial charge is 0.324 e. The predicted octanol–water partition coefficient (Wildman–Crippen LogP) is 4.52. The van der Waals surface area contributed by atoms with Gasteiger partial charge in [0.05, 0.1) is 16.7 Å². The van der Waals surface area contributed by atoms with Crippen molar-refractivity contribution in [2.24, 2.45) is 0 Å². The molecule has 4 nitrogen and oxygen atoms in total. The van der Waals surface area contributed by atoms with Crippen molar-refractivity contribution in [2.75, 3.05) is 18.5 Å². The molecule has 2 amide bonds. The monoisotopic (exact) mass is 328 g/mol. The Morgan fingerprint density at radius 1 is 1.19 bits per heavy atom. The summed E-state index contributed by atoms with van der Waals surface area (Å²) in [7, 11) is 0. The lowest BCUT2D eigenvalue weighted by Crippen LogP contribution is -2.51. The second kappa shape index (κ2) is 6.03. The number of hydrogen-bond acceptors (Lipinski definition) is 2. The van der Waals surface area contributed by atoms with Crippen molar-refractivity contribution in [3.63, 3.8) is 0 Å². The van der Waals surface area contributed by atoms with Gasteiger partial charge in [-0.3, -0.25) is 4.90 Å². The van der Waals surface area contributed by atoms with Gasteiger partial charge >= 0.3 is 6.03 Å². The van der Waals surface area contributed by atoms with Crippen molar-refractivity contribution in [3.05, 3.63) is 28.2 Å². The Hall–Kier alpha value is -0.970. The van der Waals surface area contributed by atoms with E-state index in [9.17, 15) is 4.79 Å². The number of hydrogen-bond donors (Lipinski definition) is 1. The summed E-state index contributed by atoms with van der Waals surface area (Å²) in [6, 6.07) is 4.95. The van der Waals surface area contributed by atoms with E-state index in [-0.39, 0.29) is 6.03 Å². The third-order valence-electron chi connectivity index (χ3n) is 4.23.